The molecule has 3 saturated heterocycles. The zero-order valence-electron chi connectivity index (χ0n) is 52.1. The van der Waals surface area contributed by atoms with Crippen LogP contribution in [-0.2, 0) is 61.9 Å². The largest absolute Gasteiger partial charge is 0.460 e. The summed E-state index contributed by atoms with van der Waals surface area (Å²) in [7, 11) is -0.0254. The van der Waals surface area contributed by atoms with Crippen molar-refractivity contribution in [3.05, 3.63) is 47.6 Å². The van der Waals surface area contributed by atoms with Crippen LogP contribution in [0.15, 0.2) is 47.6 Å². The van der Waals surface area contributed by atoms with E-state index < -0.39 is 152 Å². The van der Waals surface area contributed by atoms with Gasteiger partial charge in [-0.2, -0.15) is 0 Å². The maximum Gasteiger partial charge on any atom is 0.407 e. The van der Waals surface area contributed by atoms with Gasteiger partial charge in [0.2, 0.25) is 5.79 Å². The molecule has 0 aromatic heterocycles. The first-order valence-electron chi connectivity index (χ1n) is 30.5. The summed E-state index contributed by atoms with van der Waals surface area (Å²) < 4.78 is 69.6. The number of nitrogens with zero attached hydrogens (tertiary/aromatic N) is 1. The molecule has 0 spiro atoms. The van der Waals surface area contributed by atoms with Gasteiger partial charge in [0.25, 0.3) is 11.7 Å². The number of nitrogens with one attached hydrogen (secondary N) is 1. The van der Waals surface area contributed by atoms with Gasteiger partial charge < -0.3 is 78.8 Å². The number of esters is 1. The highest BCUT2D eigenvalue weighted by Crippen LogP contribution is 2.38. The Bertz CT molecular complexity index is 2370. The number of ketones is 3. The first-order valence-corrected chi connectivity index (χ1v) is 29.0. The van der Waals surface area contributed by atoms with Crippen molar-refractivity contribution in [2.45, 2.75) is 211 Å². The van der Waals surface area contributed by atoms with Crippen molar-refractivity contribution < 1.29 is 101 Å². The predicted octanol–water partition coefficient (Wildman–Crippen LogP) is 3.73. The van der Waals surface area contributed by atoms with Crippen LogP contribution in [0.1, 0.15) is 130 Å². The smallest absolute Gasteiger partial charge is 0.407 e. The van der Waals surface area contributed by atoms with Gasteiger partial charge in [-0.25, -0.2) is 9.59 Å². The lowest BCUT2D eigenvalue weighted by Gasteiger charge is -2.42. The molecule has 20 atom stereocenters. The number of aliphatic hydroxyl groups excluding tert-OH is 5. The Morgan fingerprint density at radius 3 is 2.32 bits per heavy atom. The summed E-state index contributed by atoms with van der Waals surface area (Å²) in [6, 6.07) is -1.30. The molecule has 1 saturated carbocycles. The summed E-state index contributed by atoms with van der Waals surface area (Å²) in [5, 5.41) is 66.1. The Kier molecular flexibility index (Phi) is 25.1. The average Bonchev–Trinajstić information content (AvgIpc) is 3.03. The van der Waals surface area contributed by atoms with E-state index in [1.54, 1.807) is 65.0 Å². The van der Waals surface area contributed by atoms with Crippen molar-refractivity contribution in [1.29, 1.82) is 0 Å². The number of ether oxygens (including phenoxy) is 8. The van der Waals surface area contributed by atoms with E-state index in [-0.39, 0.29) is 68.6 Å². The highest BCUT2D eigenvalue weighted by atomic mass is 16.7. The van der Waals surface area contributed by atoms with Crippen molar-refractivity contribution in [2.24, 2.45) is 35.5 Å². The molecular formula is C60H94N2O20. The van der Waals surface area contributed by atoms with Crippen LogP contribution in [0.3, 0.4) is 0 Å². The minimum absolute atomic E-state index is 0.0407. The fourth-order valence-electron chi connectivity index (χ4n) is 11.8. The lowest BCUT2D eigenvalue weighted by Crippen LogP contribution is -2.61. The van der Waals surface area contributed by atoms with Crippen molar-refractivity contribution in [2.75, 3.05) is 47.6 Å². The van der Waals surface area contributed by atoms with Gasteiger partial charge in [0.15, 0.2) is 17.9 Å². The Morgan fingerprint density at radius 1 is 0.878 bits per heavy atom. The Labute approximate surface area is 487 Å². The topological polar surface area (TPSA) is 313 Å². The fourth-order valence-corrected chi connectivity index (χ4v) is 11.8. The number of Topliss-reactive ketones (excluding diaryl/α,β-unsaturated/α-hetero) is 3. The summed E-state index contributed by atoms with van der Waals surface area (Å²) in [4.78, 5) is 85.9. The lowest BCUT2D eigenvalue weighted by molar-refractivity contribution is -0.300. The molecule has 7 N–H and O–H groups in total. The van der Waals surface area contributed by atoms with E-state index in [1.165, 1.54) is 14.2 Å². The molecule has 9 unspecified atom stereocenters. The zero-order valence-corrected chi connectivity index (χ0v) is 49.1. The first kappa shape index (κ1) is 63.7. The van der Waals surface area contributed by atoms with E-state index in [1.807, 2.05) is 19.9 Å². The normalized spacial score (nSPS) is 38.7. The molecule has 0 aromatic rings. The second-order valence-electron chi connectivity index (χ2n) is 23.4. The van der Waals surface area contributed by atoms with Crippen molar-refractivity contribution in [3.8, 4) is 0 Å². The quantitative estimate of drug-likeness (QED) is 0.0832. The van der Waals surface area contributed by atoms with Crippen LogP contribution < -0.4 is 5.32 Å². The van der Waals surface area contributed by atoms with Gasteiger partial charge in [-0.1, -0.05) is 71.1 Å². The van der Waals surface area contributed by atoms with Crippen LogP contribution in [0.4, 0.5) is 4.79 Å². The molecule has 22 nitrogen and oxygen atoms in total. The van der Waals surface area contributed by atoms with E-state index in [2.05, 4.69) is 5.32 Å². The molecule has 82 heavy (non-hydrogen) atoms. The highest BCUT2D eigenvalue weighted by Gasteiger charge is 2.53. The number of allylic oxidation sites excluding steroid dienone is 6. The summed E-state index contributed by atoms with van der Waals surface area (Å²) in [5.41, 5.74) is 0.717. The van der Waals surface area contributed by atoms with E-state index in [4.69, 9.17) is 42.0 Å². The van der Waals surface area contributed by atoms with Crippen LogP contribution >= 0.6 is 0 Å². The van der Waals surface area contributed by atoms with Crippen molar-refractivity contribution in [1.82, 2.24) is 10.2 Å². The van der Waals surface area contributed by atoms with E-state index in [0.717, 1.165) is 4.90 Å². The molecule has 2 amide bonds. The van der Waals surface area contributed by atoms with Crippen LogP contribution in [0.5, 0.6) is 0 Å². The Morgan fingerprint density at radius 2 is 1.62 bits per heavy atom. The number of hydrogen-bond donors (Lipinski definition) is 7. The van der Waals surface area contributed by atoms with Gasteiger partial charge in [-0.3, -0.25) is 19.2 Å². The number of amides is 2. The SMILES string of the molecule is [2H]C([2H])([2H])O[C@H]1CC2CC[C@@H](C)C(O)(O2)C(=O)C(=O)N2CCCCC2C(=O)O[C@H]([C@H](C)C[C@@H]2CC[C@@H](OC(=O)NCCOC3OC(CO)C(O)C(O)C3O)[C@H](OC)C2)CC(=O)C(C)=CC(C)[C@@H](O)[C@@H](OC)C(=O)[C@H](C)C[C@H](C)C=CC=CC=C1C. The number of carbonyl (C=O) groups is 6. The number of cyclic esters (lactones) is 1. The number of alkyl carbamates (subject to hydrolysis) is 1. The molecule has 2 bridgehead atoms. The molecule has 4 fully saturated rings. The van der Waals surface area contributed by atoms with Gasteiger partial charge in [-0.15, -0.1) is 0 Å². The standard InChI is InChI=1S/C60H94N2O20/c1-33-16-12-11-13-17-34(2)45(75-8)30-41-21-19-39(7)60(74,82-41)55(70)56(71)62-24-15-14-18-42(62)57(72)79-46(31-43(64)35(3)27-38(6)50(66)54(77-10)49(65)37(5)26-33)36(4)28-40-20-22-44(47(29-40)76-9)81-59(73)61-23-25-78-58-53(69)52(68)51(67)48(32-63)80-58/h11-13,16-17,27,33,36-42,44-48,50-54,58,63,66-69,74H,14-15,18-26,28-32H2,1-10H3,(H,61,73)/t33-,36-,37-,38?,39-,40+,41?,42?,44-,45+,46+,47-,48?,50-,51?,52?,53?,54+,58?,60?/m1/s1/i8D3. The highest BCUT2D eigenvalue weighted by molar-refractivity contribution is 6.39. The van der Waals surface area contributed by atoms with Gasteiger partial charge >= 0.3 is 12.1 Å². The average molecular weight is 1170 g/mol. The molecule has 5 rings (SSSR count). The number of fused-ring (bicyclic) bond motifs is 3. The predicted molar refractivity (Wildman–Crippen MR) is 297 cm³/mol. The number of piperidine rings is 1. The summed E-state index contributed by atoms with van der Waals surface area (Å²) >= 11 is 0. The second kappa shape index (κ2) is 32.3. The zero-order chi connectivity index (χ0) is 63.1. The van der Waals surface area contributed by atoms with Crippen molar-refractivity contribution >= 4 is 35.3 Å². The number of rotatable bonds is 12. The maximum atomic E-state index is 14.7. The molecule has 464 valence electrons. The molecule has 22 heteroatoms. The molecule has 0 aromatic carbocycles. The first-order chi connectivity index (χ1) is 40.0. The van der Waals surface area contributed by atoms with Crippen molar-refractivity contribution in [3.63, 3.8) is 0 Å². The molecular weight excluding hydrogens is 1070 g/mol. The summed E-state index contributed by atoms with van der Waals surface area (Å²) in [5.74, 6) is -9.68. The van der Waals surface area contributed by atoms with E-state index in [0.29, 0.717) is 56.9 Å². The Balaban J connectivity index is 1.38. The number of methoxy groups -OCH3 is 3. The van der Waals surface area contributed by atoms with Gasteiger partial charge in [0.1, 0.15) is 48.8 Å². The van der Waals surface area contributed by atoms with Crippen LogP contribution in [0, 0.1) is 35.5 Å². The summed E-state index contributed by atoms with van der Waals surface area (Å²) in [6.45, 7) is 11.0. The third kappa shape index (κ3) is 18.1. The lowest BCUT2D eigenvalue weighted by atomic mass is 9.78. The third-order valence-corrected chi connectivity index (χ3v) is 17.1. The van der Waals surface area contributed by atoms with Crippen LogP contribution in [-0.4, -0.2) is 204 Å². The number of carbonyl (C=O) groups excluding carboxylic acids is 6. The number of aliphatic hydroxyl groups is 6. The number of hydrogen-bond acceptors (Lipinski definition) is 20. The van der Waals surface area contributed by atoms with Crippen LogP contribution in [0.2, 0.25) is 0 Å². The summed E-state index contributed by atoms with van der Waals surface area (Å²) in [6.07, 6.45) is -1.61. The molecule has 5 aliphatic rings. The minimum Gasteiger partial charge on any atom is -0.460 e. The van der Waals surface area contributed by atoms with E-state index in [9.17, 15) is 59.4 Å². The monoisotopic (exact) mass is 1170 g/mol. The Hall–Kier alpha value is -4.30. The van der Waals surface area contributed by atoms with Gasteiger partial charge in [0.05, 0.1) is 41.7 Å². The van der Waals surface area contributed by atoms with Gasteiger partial charge in [0, 0.05) is 64.9 Å². The molecule has 1 aliphatic carbocycles. The van der Waals surface area contributed by atoms with E-state index >= 15 is 0 Å². The van der Waals surface area contributed by atoms with Gasteiger partial charge in [-0.05, 0) is 107 Å². The maximum absolute atomic E-state index is 14.7. The third-order valence-electron chi connectivity index (χ3n) is 17.1. The molecule has 4 heterocycles. The molecule has 0 radical (unpaired) electrons. The fraction of sp³-hybridized carbons (Fsp3) is 0.767. The minimum atomic E-state index is -2.83. The molecule has 4 aliphatic heterocycles. The second-order valence-corrected chi connectivity index (χ2v) is 23.4. The van der Waals surface area contributed by atoms with Crippen LogP contribution in [0.25, 0.3) is 0 Å².